The monoisotopic (exact) mass is 401 g/mol. The molecular formula is C23H20FN5O. The van der Waals surface area contributed by atoms with Crippen LogP contribution in [-0.4, -0.2) is 43.5 Å². The minimum Gasteiger partial charge on any atom is -0.338 e. The van der Waals surface area contributed by atoms with Gasteiger partial charge >= 0.3 is 0 Å². The van der Waals surface area contributed by atoms with Crippen LogP contribution in [0.1, 0.15) is 34.9 Å². The molecule has 150 valence electrons. The SMILES string of the molecule is O=C(c1ccncc1)N1CCCC(c2nc3ccc(-c4cccc(F)c4)cn3n2)C1. The van der Waals surface area contributed by atoms with Crippen LogP contribution in [0.3, 0.4) is 0 Å². The number of carbonyl (C=O) groups is 1. The molecule has 0 aliphatic carbocycles. The van der Waals surface area contributed by atoms with Crippen LogP contribution >= 0.6 is 0 Å². The number of aromatic nitrogens is 4. The van der Waals surface area contributed by atoms with Gasteiger partial charge in [0.15, 0.2) is 11.5 Å². The molecule has 5 rings (SSSR count). The summed E-state index contributed by atoms with van der Waals surface area (Å²) in [5.74, 6) is 0.563. The number of amides is 1. The van der Waals surface area contributed by atoms with Gasteiger partial charge in [-0.05, 0) is 54.8 Å². The molecule has 1 aliphatic heterocycles. The van der Waals surface area contributed by atoms with E-state index in [0.717, 1.165) is 42.0 Å². The van der Waals surface area contributed by atoms with Crippen LogP contribution in [0, 0.1) is 5.82 Å². The summed E-state index contributed by atoms with van der Waals surface area (Å²) >= 11 is 0. The lowest BCUT2D eigenvalue weighted by Gasteiger charge is -2.31. The first kappa shape index (κ1) is 18.4. The molecule has 0 saturated carbocycles. The van der Waals surface area contributed by atoms with Gasteiger partial charge in [-0.2, -0.15) is 5.10 Å². The highest BCUT2D eigenvalue weighted by molar-refractivity contribution is 5.94. The fourth-order valence-corrected chi connectivity index (χ4v) is 3.96. The molecule has 1 unspecified atom stereocenters. The molecule has 4 aromatic rings. The van der Waals surface area contributed by atoms with Gasteiger partial charge in [0.05, 0.1) is 0 Å². The minimum absolute atomic E-state index is 0.0132. The van der Waals surface area contributed by atoms with Crippen LogP contribution in [-0.2, 0) is 0 Å². The lowest BCUT2D eigenvalue weighted by Crippen LogP contribution is -2.39. The molecule has 1 amide bonds. The van der Waals surface area contributed by atoms with E-state index in [-0.39, 0.29) is 17.6 Å². The van der Waals surface area contributed by atoms with E-state index in [4.69, 9.17) is 0 Å². The van der Waals surface area contributed by atoms with Crippen molar-refractivity contribution in [3.8, 4) is 11.1 Å². The predicted molar refractivity (Wildman–Crippen MR) is 110 cm³/mol. The number of rotatable bonds is 3. The Hall–Kier alpha value is -3.61. The summed E-state index contributed by atoms with van der Waals surface area (Å²) in [6, 6.07) is 13.8. The molecule has 6 nitrogen and oxygen atoms in total. The van der Waals surface area contributed by atoms with E-state index in [2.05, 4.69) is 15.1 Å². The van der Waals surface area contributed by atoms with Gasteiger partial charge in [-0.25, -0.2) is 13.9 Å². The molecule has 0 radical (unpaired) electrons. The van der Waals surface area contributed by atoms with Crippen molar-refractivity contribution in [2.24, 2.45) is 0 Å². The smallest absolute Gasteiger partial charge is 0.253 e. The summed E-state index contributed by atoms with van der Waals surface area (Å²) < 4.78 is 15.3. The van der Waals surface area contributed by atoms with Crippen molar-refractivity contribution in [3.63, 3.8) is 0 Å². The molecular weight excluding hydrogens is 381 g/mol. The lowest BCUT2D eigenvalue weighted by molar-refractivity contribution is 0.0704. The van der Waals surface area contributed by atoms with E-state index in [1.54, 1.807) is 35.1 Å². The van der Waals surface area contributed by atoms with Gasteiger partial charge in [0.1, 0.15) is 5.82 Å². The molecule has 1 aromatic carbocycles. The Balaban J connectivity index is 1.39. The van der Waals surface area contributed by atoms with Crippen LogP contribution in [0.5, 0.6) is 0 Å². The minimum atomic E-state index is -0.270. The number of carbonyl (C=O) groups excluding carboxylic acids is 1. The van der Waals surface area contributed by atoms with Crippen LogP contribution < -0.4 is 0 Å². The molecule has 0 N–H and O–H groups in total. The zero-order valence-electron chi connectivity index (χ0n) is 16.3. The number of pyridine rings is 2. The third-order valence-electron chi connectivity index (χ3n) is 5.51. The average Bonchev–Trinajstić information content (AvgIpc) is 3.23. The molecule has 4 heterocycles. The number of likely N-dealkylation sites (tertiary alicyclic amines) is 1. The number of hydrogen-bond acceptors (Lipinski definition) is 4. The Morgan fingerprint density at radius 1 is 1.07 bits per heavy atom. The maximum absolute atomic E-state index is 13.6. The molecule has 1 saturated heterocycles. The molecule has 30 heavy (non-hydrogen) atoms. The highest BCUT2D eigenvalue weighted by Crippen LogP contribution is 2.27. The fraction of sp³-hybridized carbons (Fsp3) is 0.217. The zero-order valence-corrected chi connectivity index (χ0v) is 16.3. The number of benzene rings is 1. The number of nitrogens with zero attached hydrogens (tertiary/aromatic N) is 5. The van der Waals surface area contributed by atoms with Crippen molar-refractivity contribution < 1.29 is 9.18 Å². The van der Waals surface area contributed by atoms with Gasteiger partial charge < -0.3 is 4.90 Å². The standard InChI is InChI=1S/C23H20FN5O/c24-20-5-1-3-17(13-20)18-6-7-21-26-22(27-29(21)15-18)19-4-2-12-28(14-19)23(30)16-8-10-25-11-9-16/h1,3,5-11,13,15,19H,2,4,12,14H2. The second kappa shape index (κ2) is 7.67. The van der Waals surface area contributed by atoms with Gasteiger partial charge in [-0.1, -0.05) is 12.1 Å². The Kier molecular flexibility index (Phi) is 4.71. The normalized spacial score (nSPS) is 16.7. The molecule has 7 heteroatoms. The topological polar surface area (TPSA) is 63.4 Å². The fourth-order valence-electron chi connectivity index (χ4n) is 3.96. The number of fused-ring (bicyclic) bond motifs is 1. The van der Waals surface area contributed by atoms with Crippen molar-refractivity contribution in [1.82, 2.24) is 24.5 Å². The zero-order chi connectivity index (χ0) is 20.5. The Labute approximate surface area is 173 Å². The molecule has 0 bridgehead atoms. The van der Waals surface area contributed by atoms with Crippen LogP contribution in [0.15, 0.2) is 67.1 Å². The van der Waals surface area contributed by atoms with E-state index in [9.17, 15) is 9.18 Å². The van der Waals surface area contributed by atoms with E-state index in [0.29, 0.717) is 12.1 Å². The summed E-state index contributed by atoms with van der Waals surface area (Å²) in [6.07, 6.45) is 6.98. The van der Waals surface area contributed by atoms with Crippen molar-refractivity contribution in [2.45, 2.75) is 18.8 Å². The molecule has 1 aliphatic rings. The summed E-state index contributed by atoms with van der Waals surface area (Å²) in [5.41, 5.74) is 3.05. The third-order valence-corrected chi connectivity index (χ3v) is 5.51. The molecule has 0 spiro atoms. The van der Waals surface area contributed by atoms with Crippen molar-refractivity contribution in [3.05, 3.63) is 84.3 Å². The summed E-state index contributed by atoms with van der Waals surface area (Å²) in [5, 5.41) is 4.68. The summed E-state index contributed by atoms with van der Waals surface area (Å²) in [6.45, 7) is 1.32. The van der Waals surface area contributed by atoms with Gasteiger partial charge in [0.2, 0.25) is 0 Å². The quantitative estimate of drug-likeness (QED) is 0.521. The first-order chi connectivity index (χ1) is 14.7. The number of piperidine rings is 1. The van der Waals surface area contributed by atoms with Crippen LogP contribution in [0.4, 0.5) is 4.39 Å². The van der Waals surface area contributed by atoms with Crippen LogP contribution in [0.2, 0.25) is 0 Å². The van der Waals surface area contributed by atoms with Crippen molar-refractivity contribution in [1.29, 1.82) is 0 Å². The second-order valence-electron chi connectivity index (χ2n) is 7.53. The highest BCUT2D eigenvalue weighted by Gasteiger charge is 2.28. The van der Waals surface area contributed by atoms with E-state index in [1.807, 2.05) is 29.3 Å². The first-order valence-corrected chi connectivity index (χ1v) is 9.99. The number of hydrogen-bond donors (Lipinski definition) is 0. The van der Waals surface area contributed by atoms with Crippen LogP contribution in [0.25, 0.3) is 16.8 Å². The number of halogens is 1. The third kappa shape index (κ3) is 3.54. The van der Waals surface area contributed by atoms with Gasteiger partial charge in [-0.3, -0.25) is 9.78 Å². The first-order valence-electron chi connectivity index (χ1n) is 9.99. The van der Waals surface area contributed by atoms with Crippen molar-refractivity contribution >= 4 is 11.6 Å². The highest BCUT2D eigenvalue weighted by atomic mass is 19.1. The molecule has 1 atom stereocenters. The Bertz CT molecular complexity index is 1210. The lowest BCUT2D eigenvalue weighted by atomic mass is 9.97. The molecule has 3 aromatic heterocycles. The maximum Gasteiger partial charge on any atom is 0.253 e. The maximum atomic E-state index is 13.6. The second-order valence-corrected chi connectivity index (χ2v) is 7.53. The van der Waals surface area contributed by atoms with E-state index < -0.39 is 0 Å². The largest absolute Gasteiger partial charge is 0.338 e. The van der Waals surface area contributed by atoms with E-state index in [1.165, 1.54) is 12.1 Å². The summed E-state index contributed by atoms with van der Waals surface area (Å²) in [4.78, 5) is 23.3. The Morgan fingerprint density at radius 3 is 2.77 bits per heavy atom. The predicted octanol–water partition coefficient (Wildman–Crippen LogP) is 3.95. The average molecular weight is 401 g/mol. The molecule has 1 fully saturated rings. The van der Waals surface area contributed by atoms with E-state index >= 15 is 0 Å². The Morgan fingerprint density at radius 2 is 1.93 bits per heavy atom. The van der Waals surface area contributed by atoms with Gasteiger partial charge in [-0.15, -0.1) is 0 Å². The van der Waals surface area contributed by atoms with Crippen molar-refractivity contribution in [2.75, 3.05) is 13.1 Å². The summed E-state index contributed by atoms with van der Waals surface area (Å²) in [7, 11) is 0. The van der Waals surface area contributed by atoms with Gasteiger partial charge in [0, 0.05) is 48.7 Å². The van der Waals surface area contributed by atoms with Gasteiger partial charge in [0.25, 0.3) is 5.91 Å².